The maximum absolute atomic E-state index is 8.70. The monoisotopic (exact) mass is 359 g/mol. The molecule has 0 aliphatic heterocycles. The average molecular weight is 359 g/mol. The lowest BCUT2D eigenvalue weighted by Crippen LogP contribution is -2.39. The molecule has 0 unspecified atom stereocenters. The molecule has 26 heavy (non-hydrogen) atoms. The molecule has 3 nitrogen and oxygen atoms in total. The van der Waals surface area contributed by atoms with Crippen LogP contribution < -0.4 is 9.80 Å². The van der Waals surface area contributed by atoms with Gasteiger partial charge in [-0.2, -0.15) is 0 Å². The lowest BCUT2D eigenvalue weighted by atomic mass is 10.0. The van der Waals surface area contributed by atoms with Crippen LogP contribution in [0, 0.1) is 5.41 Å². The van der Waals surface area contributed by atoms with E-state index in [1.165, 1.54) is 26.8 Å². The summed E-state index contributed by atoms with van der Waals surface area (Å²) in [6.07, 6.45) is 6.39. The van der Waals surface area contributed by atoms with Gasteiger partial charge in [0.1, 0.15) is 0 Å². The highest BCUT2D eigenvalue weighted by atomic mass is 32.2. The quantitative estimate of drug-likeness (QED) is 0.295. The van der Waals surface area contributed by atoms with Crippen LogP contribution >= 0.6 is 11.8 Å². The number of thioether (sulfide) groups is 1. The van der Waals surface area contributed by atoms with Gasteiger partial charge in [0.25, 0.3) is 0 Å². The molecule has 0 saturated carbocycles. The van der Waals surface area contributed by atoms with E-state index in [2.05, 4.69) is 73.0 Å². The van der Waals surface area contributed by atoms with Gasteiger partial charge in [0.2, 0.25) is 5.96 Å². The third-order valence-electron chi connectivity index (χ3n) is 4.98. The fourth-order valence-corrected chi connectivity index (χ4v) is 3.87. The number of anilines is 2. The number of benzene rings is 3. The molecule has 0 saturated heterocycles. The van der Waals surface area contributed by atoms with Crippen molar-refractivity contribution in [2.75, 3.05) is 30.2 Å². The predicted octanol–water partition coefficient (Wildman–Crippen LogP) is 5.55. The highest BCUT2D eigenvalue weighted by Crippen LogP contribution is 2.36. The first kappa shape index (κ1) is 16.7. The van der Waals surface area contributed by atoms with Gasteiger partial charge in [-0.15, -0.1) is 11.8 Å². The minimum absolute atomic E-state index is 0.438. The molecule has 0 bridgehead atoms. The minimum Gasteiger partial charge on any atom is -0.316 e. The van der Waals surface area contributed by atoms with E-state index in [-0.39, 0.29) is 0 Å². The number of nitrogens with one attached hydrogen (secondary N) is 1. The molecule has 3 aromatic rings. The van der Waals surface area contributed by atoms with Gasteiger partial charge >= 0.3 is 0 Å². The van der Waals surface area contributed by atoms with Gasteiger partial charge in [0.15, 0.2) is 0 Å². The first-order valence-electron chi connectivity index (χ1n) is 8.54. The fraction of sp³-hybridized carbons (Fsp3) is 0.136. The summed E-state index contributed by atoms with van der Waals surface area (Å²) >= 11 is 1.72. The molecule has 130 valence electrons. The molecule has 4 rings (SSSR count). The molecular formula is C22H21N3S. The van der Waals surface area contributed by atoms with Crippen LogP contribution in [0.5, 0.6) is 0 Å². The lowest BCUT2D eigenvalue weighted by Gasteiger charge is -2.29. The van der Waals surface area contributed by atoms with E-state index in [1.54, 1.807) is 11.8 Å². The van der Waals surface area contributed by atoms with Crippen molar-refractivity contribution in [1.29, 1.82) is 5.41 Å². The molecule has 0 atom stereocenters. The highest BCUT2D eigenvalue weighted by Gasteiger charge is 2.18. The summed E-state index contributed by atoms with van der Waals surface area (Å²) in [5.41, 5.74) is 4.56. The Labute approximate surface area is 158 Å². The second-order valence-corrected chi connectivity index (χ2v) is 7.30. The van der Waals surface area contributed by atoms with Gasteiger partial charge in [-0.05, 0) is 53.1 Å². The van der Waals surface area contributed by atoms with Gasteiger partial charge < -0.3 is 9.80 Å². The zero-order valence-electron chi connectivity index (χ0n) is 15.2. The Bertz CT molecular complexity index is 1010. The lowest BCUT2D eigenvalue weighted by molar-refractivity contribution is 1.12. The number of nitrogens with zero attached hydrogens (tertiary/aromatic N) is 2. The van der Waals surface area contributed by atoms with Crippen molar-refractivity contribution >= 4 is 52.0 Å². The first-order chi connectivity index (χ1) is 12.6. The van der Waals surface area contributed by atoms with Crippen molar-refractivity contribution in [2.45, 2.75) is 4.90 Å². The van der Waals surface area contributed by atoms with E-state index in [0.717, 1.165) is 11.4 Å². The fourth-order valence-electron chi connectivity index (χ4n) is 3.46. The number of rotatable bonds is 3. The van der Waals surface area contributed by atoms with Crippen molar-refractivity contribution in [3.63, 3.8) is 0 Å². The largest absolute Gasteiger partial charge is 0.316 e. The summed E-state index contributed by atoms with van der Waals surface area (Å²) in [7, 11) is 3.90. The Morgan fingerprint density at radius 2 is 1.54 bits per heavy atom. The summed E-state index contributed by atoms with van der Waals surface area (Å²) in [6, 6.07) is 18.9. The topological polar surface area (TPSA) is 30.3 Å². The Morgan fingerprint density at radius 1 is 0.846 bits per heavy atom. The van der Waals surface area contributed by atoms with Gasteiger partial charge in [0, 0.05) is 30.1 Å². The summed E-state index contributed by atoms with van der Waals surface area (Å²) in [5, 5.41) is 11.2. The predicted molar refractivity (Wildman–Crippen MR) is 116 cm³/mol. The molecule has 1 aliphatic carbocycles. The average Bonchev–Trinajstić information content (AvgIpc) is 3.12. The molecule has 0 heterocycles. The standard InChI is InChI=1S/C22H21N3S/c1-24(17-10-12-18(26-3)13-11-17)22(23)25(2)20-14-9-16-8-7-15-5-4-6-19(20)21(15)16/h4-14,23H,1-3H3. The third-order valence-corrected chi connectivity index (χ3v) is 5.72. The number of hydrogen-bond acceptors (Lipinski definition) is 2. The second-order valence-electron chi connectivity index (χ2n) is 6.42. The van der Waals surface area contributed by atoms with E-state index in [0.29, 0.717) is 5.96 Å². The SMILES string of the molecule is CSc1ccc(N(C)C(=N)N(C)c2ccc3c4c(cccc24)C=C3)cc1. The molecule has 3 aromatic carbocycles. The zero-order valence-corrected chi connectivity index (χ0v) is 16.0. The molecule has 0 fully saturated rings. The van der Waals surface area contributed by atoms with Crippen molar-refractivity contribution < 1.29 is 0 Å². The van der Waals surface area contributed by atoms with Crippen LogP contribution in [-0.4, -0.2) is 26.3 Å². The molecule has 0 aromatic heterocycles. The van der Waals surface area contributed by atoms with Crippen LogP contribution in [0.4, 0.5) is 11.4 Å². The van der Waals surface area contributed by atoms with E-state index >= 15 is 0 Å². The van der Waals surface area contributed by atoms with Gasteiger partial charge in [-0.1, -0.05) is 36.4 Å². The Kier molecular flexibility index (Phi) is 4.21. The van der Waals surface area contributed by atoms with Gasteiger partial charge in [0.05, 0.1) is 5.69 Å². The van der Waals surface area contributed by atoms with Gasteiger partial charge in [-0.25, -0.2) is 0 Å². The molecular weight excluding hydrogens is 338 g/mol. The van der Waals surface area contributed by atoms with Crippen LogP contribution in [0.1, 0.15) is 11.1 Å². The van der Waals surface area contributed by atoms with E-state index in [4.69, 9.17) is 5.41 Å². The molecule has 0 radical (unpaired) electrons. The van der Waals surface area contributed by atoms with Gasteiger partial charge in [-0.3, -0.25) is 5.41 Å². The van der Waals surface area contributed by atoms with E-state index in [9.17, 15) is 0 Å². The first-order valence-corrected chi connectivity index (χ1v) is 9.76. The summed E-state index contributed by atoms with van der Waals surface area (Å²) in [6.45, 7) is 0. The summed E-state index contributed by atoms with van der Waals surface area (Å²) in [4.78, 5) is 5.08. The van der Waals surface area contributed by atoms with Crippen LogP contribution in [-0.2, 0) is 0 Å². The number of hydrogen-bond donors (Lipinski definition) is 1. The van der Waals surface area contributed by atoms with Crippen molar-refractivity contribution in [2.24, 2.45) is 0 Å². The minimum atomic E-state index is 0.438. The maximum atomic E-state index is 8.70. The van der Waals surface area contributed by atoms with E-state index in [1.807, 2.05) is 23.9 Å². The Morgan fingerprint density at radius 3 is 2.23 bits per heavy atom. The summed E-state index contributed by atoms with van der Waals surface area (Å²) in [5.74, 6) is 0.438. The molecule has 1 aliphatic rings. The summed E-state index contributed by atoms with van der Waals surface area (Å²) < 4.78 is 0. The third kappa shape index (κ3) is 2.67. The van der Waals surface area contributed by atoms with Crippen molar-refractivity contribution in [1.82, 2.24) is 0 Å². The second kappa shape index (κ2) is 6.54. The zero-order chi connectivity index (χ0) is 18.3. The smallest absolute Gasteiger partial charge is 0.202 e. The Hall–Kier alpha value is -2.72. The van der Waals surface area contributed by atoms with Crippen molar-refractivity contribution in [3.05, 3.63) is 65.7 Å². The normalized spacial score (nSPS) is 11.8. The Balaban J connectivity index is 1.68. The van der Waals surface area contributed by atoms with Crippen molar-refractivity contribution in [3.8, 4) is 0 Å². The number of guanidine groups is 1. The molecule has 0 amide bonds. The van der Waals surface area contributed by atoms with Crippen LogP contribution in [0.15, 0.2) is 59.5 Å². The van der Waals surface area contributed by atoms with Crippen LogP contribution in [0.2, 0.25) is 0 Å². The maximum Gasteiger partial charge on any atom is 0.202 e. The van der Waals surface area contributed by atoms with E-state index < -0.39 is 0 Å². The highest BCUT2D eigenvalue weighted by molar-refractivity contribution is 7.98. The van der Waals surface area contributed by atoms with Crippen LogP contribution in [0.3, 0.4) is 0 Å². The molecule has 1 N–H and O–H groups in total. The van der Waals surface area contributed by atoms with Crippen LogP contribution in [0.25, 0.3) is 22.9 Å². The molecule has 4 heteroatoms. The molecule has 0 spiro atoms.